The van der Waals surface area contributed by atoms with Crippen LogP contribution in [0, 0.1) is 6.92 Å². The number of carbonyl (C=O) groups is 1. The van der Waals surface area contributed by atoms with Crippen molar-refractivity contribution in [3.63, 3.8) is 0 Å². The van der Waals surface area contributed by atoms with Crippen LogP contribution in [-0.4, -0.2) is 37.9 Å². The van der Waals surface area contributed by atoms with Gasteiger partial charge in [-0.15, -0.1) is 0 Å². The molecular formula is C21H24N4O. The molecule has 0 bridgehead atoms. The van der Waals surface area contributed by atoms with Gasteiger partial charge in [-0.25, -0.2) is 4.98 Å². The highest BCUT2D eigenvalue weighted by atomic mass is 16.2. The maximum Gasteiger partial charge on any atom is 0.242 e. The highest BCUT2D eigenvalue weighted by Gasteiger charge is 2.28. The van der Waals surface area contributed by atoms with Crippen molar-refractivity contribution in [3.8, 4) is 0 Å². The average Bonchev–Trinajstić information content (AvgIpc) is 3.27. The minimum atomic E-state index is 0.196. The Morgan fingerprint density at radius 1 is 1.23 bits per heavy atom. The number of aromatic nitrogens is 3. The number of benzene rings is 1. The Balaban J connectivity index is 1.41. The minimum Gasteiger partial charge on any atom is -0.338 e. The van der Waals surface area contributed by atoms with Gasteiger partial charge in [0.2, 0.25) is 5.91 Å². The van der Waals surface area contributed by atoms with Crippen LogP contribution in [-0.2, 0) is 17.8 Å². The van der Waals surface area contributed by atoms with E-state index in [9.17, 15) is 4.79 Å². The van der Waals surface area contributed by atoms with Crippen molar-refractivity contribution in [3.05, 3.63) is 60.2 Å². The number of likely N-dealkylation sites (tertiary alicyclic amines) is 1. The van der Waals surface area contributed by atoms with Crippen molar-refractivity contribution in [1.82, 2.24) is 19.4 Å². The van der Waals surface area contributed by atoms with E-state index in [2.05, 4.69) is 27.0 Å². The van der Waals surface area contributed by atoms with E-state index in [1.165, 1.54) is 5.56 Å². The summed E-state index contributed by atoms with van der Waals surface area (Å²) in [7, 11) is 0. The lowest BCUT2D eigenvalue weighted by Crippen LogP contribution is -2.37. The molecule has 5 heteroatoms. The molecule has 1 atom stereocenters. The van der Waals surface area contributed by atoms with E-state index in [1.54, 1.807) is 6.33 Å². The summed E-state index contributed by atoms with van der Waals surface area (Å²) in [6.45, 7) is 3.25. The van der Waals surface area contributed by atoms with Gasteiger partial charge in [-0.2, -0.15) is 0 Å². The molecule has 1 saturated heterocycles. The molecule has 1 unspecified atom stereocenters. The summed E-state index contributed by atoms with van der Waals surface area (Å²) in [5, 5.41) is 0. The topological polar surface area (TPSA) is 51.0 Å². The second-order valence-electron chi connectivity index (χ2n) is 7.09. The molecule has 26 heavy (non-hydrogen) atoms. The number of aryl methyl sites for hydroxylation is 2. The number of carbonyl (C=O) groups excluding carboxylic acids is 1. The number of hydrogen-bond donors (Lipinski definition) is 0. The highest BCUT2D eigenvalue weighted by molar-refractivity contribution is 5.80. The Kier molecular flexibility index (Phi) is 4.69. The molecule has 1 aliphatic rings. The molecule has 3 aromatic rings. The minimum absolute atomic E-state index is 0.196. The van der Waals surface area contributed by atoms with E-state index >= 15 is 0 Å². The third-order valence-corrected chi connectivity index (χ3v) is 5.26. The SMILES string of the molecule is Cc1cc(CCC2CCCN2C(=O)Cn2cnc3ccccc32)ccn1. The van der Waals surface area contributed by atoms with Gasteiger partial charge >= 0.3 is 0 Å². The number of pyridine rings is 1. The zero-order valence-electron chi connectivity index (χ0n) is 15.1. The molecular weight excluding hydrogens is 324 g/mol. The van der Waals surface area contributed by atoms with Gasteiger partial charge in [0.05, 0.1) is 17.4 Å². The van der Waals surface area contributed by atoms with Gasteiger partial charge in [0.25, 0.3) is 0 Å². The fourth-order valence-electron chi connectivity index (χ4n) is 3.93. The second kappa shape index (κ2) is 7.28. The van der Waals surface area contributed by atoms with E-state index in [4.69, 9.17) is 0 Å². The fraction of sp³-hybridized carbons (Fsp3) is 0.381. The standard InChI is InChI=1S/C21H24N4O/c1-16-13-17(10-11-22-16)8-9-18-5-4-12-25(18)21(26)14-24-15-23-19-6-2-3-7-20(19)24/h2-3,6-7,10-11,13,15,18H,4-5,8-9,12,14H2,1H3. The smallest absolute Gasteiger partial charge is 0.242 e. The number of nitrogens with zero attached hydrogens (tertiary/aromatic N) is 4. The van der Waals surface area contributed by atoms with Crippen LogP contribution in [0.4, 0.5) is 0 Å². The second-order valence-corrected chi connectivity index (χ2v) is 7.09. The monoisotopic (exact) mass is 348 g/mol. The summed E-state index contributed by atoms with van der Waals surface area (Å²) in [5.74, 6) is 0.196. The van der Waals surface area contributed by atoms with Gasteiger partial charge in [0.15, 0.2) is 0 Å². The first kappa shape index (κ1) is 16.8. The Hall–Kier alpha value is -2.69. The maximum atomic E-state index is 12.9. The molecule has 1 fully saturated rings. The van der Waals surface area contributed by atoms with Gasteiger partial charge in [-0.3, -0.25) is 9.78 Å². The predicted octanol–water partition coefficient (Wildman–Crippen LogP) is 3.36. The lowest BCUT2D eigenvalue weighted by molar-refractivity contribution is -0.132. The molecule has 0 radical (unpaired) electrons. The molecule has 1 aromatic carbocycles. The average molecular weight is 348 g/mol. The Morgan fingerprint density at radius 2 is 2.12 bits per heavy atom. The van der Waals surface area contributed by atoms with Crippen LogP contribution in [0.15, 0.2) is 48.9 Å². The van der Waals surface area contributed by atoms with E-state index in [0.29, 0.717) is 12.6 Å². The van der Waals surface area contributed by atoms with Crippen LogP contribution in [0.25, 0.3) is 11.0 Å². The van der Waals surface area contributed by atoms with Crippen molar-refractivity contribution in [2.45, 2.75) is 45.2 Å². The maximum absolute atomic E-state index is 12.9. The molecule has 3 heterocycles. The Morgan fingerprint density at radius 3 is 3.00 bits per heavy atom. The first-order chi connectivity index (χ1) is 12.7. The largest absolute Gasteiger partial charge is 0.338 e. The zero-order valence-corrected chi connectivity index (χ0v) is 15.1. The lowest BCUT2D eigenvalue weighted by atomic mass is 10.0. The van der Waals surface area contributed by atoms with Crippen LogP contribution < -0.4 is 0 Å². The molecule has 134 valence electrons. The molecule has 0 saturated carbocycles. The van der Waals surface area contributed by atoms with E-state index < -0.39 is 0 Å². The molecule has 2 aromatic heterocycles. The summed E-state index contributed by atoms with van der Waals surface area (Å²) in [6.07, 6.45) is 7.84. The molecule has 0 N–H and O–H groups in total. The summed E-state index contributed by atoms with van der Waals surface area (Å²) in [4.78, 5) is 23.6. The zero-order chi connectivity index (χ0) is 17.9. The molecule has 4 rings (SSSR count). The Bertz CT molecular complexity index is 917. The van der Waals surface area contributed by atoms with Crippen LogP contribution in [0.1, 0.15) is 30.5 Å². The van der Waals surface area contributed by atoms with Crippen molar-refractivity contribution < 1.29 is 4.79 Å². The highest BCUT2D eigenvalue weighted by Crippen LogP contribution is 2.23. The van der Waals surface area contributed by atoms with Crippen LogP contribution >= 0.6 is 0 Å². The molecule has 1 amide bonds. The summed E-state index contributed by atoms with van der Waals surface area (Å²) < 4.78 is 1.96. The number of fused-ring (bicyclic) bond motifs is 1. The fourth-order valence-corrected chi connectivity index (χ4v) is 3.93. The van der Waals surface area contributed by atoms with Crippen LogP contribution in [0.5, 0.6) is 0 Å². The third-order valence-electron chi connectivity index (χ3n) is 5.26. The van der Waals surface area contributed by atoms with Gasteiger partial charge in [0, 0.05) is 24.5 Å². The van der Waals surface area contributed by atoms with E-state index in [1.807, 2.05) is 42.0 Å². The van der Waals surface area contributed by atoms with Gasteiger partial charge < -0.3 is 9.47 Å². The molecule has 5 nitrogen and oxygen atoms in total. The first-order valence-electron chi connectivity index (χ1n) is 9.31. The summed E-state index contributed by atoms with van der Waals surface area (Å²) in [6, 6.07) is 12.5. The molecule has 0 spiro atoms. The molecule has 0 aliphatic carbocycles. The number of para-hydroxylation sites is 2. The van der Waals surface area contributed by atoms with Gasteiger partial charge in [-0.1, -0.05) is 12.1 Å². The Labute approximate surface area is 153 Å². The van der Waals surface area contributed by atoms with E-state index in [0.717, 1.165) is 49.0 Å². The quantitative estimate of drug-likeness (QED) is 0.710. The number of hydrogen-bond acceptors (Lipinski definition) is 3. The molecule has 1 aliphatic heterocycles. The van der Waals surface area contributed by atoms with Crippen molar-refractivity contribution in [2.75, 3.05) is 6.54 Å². The summed E-state index contributed by atoms with van der Waals surface area (Å²) in [5.41, 5.74) is 4.31. The van der Waals surface area contributed by atoms with E-state index in [-0.39, 0.29) is 5.91 Å². The number of imidazole rings is 1. The third kappa shape index (κ3) is 3.47. The normalized spacial score (nSPS) is 17.1. The van der Waals surface area contributed by atoms with Crippen molar-refractivity contribution in [1.29, 1.82) is 0 Å². The predicted molar refractivity (Wildman–Crippen MR) is 102 cm³/mol. The van der Waals surface area contributed by atoms with Gasteiger partial charge in [0.1, 0.15) is 6.54 Å². The number of rotatable bonds is 5. The lowest BCUT2D eigenvalue weighted by Gasteiger charge is -2.25. The summed E-state index contributed by atoms with van der Waals surface area (Å²) >= 11 is 0. The van der Waals surface area contributed by atoms with Crippen molar-refractivity contribution >= 4 is 16.9 Å². The van der Waals surface area contributed by atoms with Gasteiger partial charge in [-0.05, 0) is 62.4 Å². The number of amides is 1. The van der Waals surface area contributed by atoms with Crippen LogP contribution in [0.3, 0.4) is 0 Å². The van der Waals surface area contributed by atoms with Crippen molar-refractivity contribution in [2.24, 2.45) is 0 Å². The van der Waals surface area contributed by atoms with Crippen LogP contribution in [0.2, 0.25) is 0 Å². The first-order valence-corrected chi connectivity index (χ1v) is 9.31.